The maximum Gasteiger partial charge on any atom is 0.0736 e. The van der Waals surface area contributed by atoms with E-state index in [1.165, 1.54) is 22.4 Å². The first-order valence-corrected chi connectivity index (χ1v) is 5.74. The van der Waals surface area contributed by atoms with Crippen molar-refractivity contribution in [2.45, 2.75) is 46.3 Å². The molecule has 1 nitrogen and oxygen atoms in total. The van der Waals surface area contributed by atoms with Crippen LogP contribution in [0.2, 0.25) is 0 Å². The van der Waals surface area contributed by atoms with Crippen molar-refractivity contribution < 1.29 is 4.74 Å². The number of hydrogen-bond acceptors (Lipinski definition) is 2. The van der Waals surface area contributed by atoms with Crippen LogP contribution < -0.4 is 0 Å². The van der Waals surface area contributed by atoms with Gasteiger partial charge in [-0.2, -0.15) is 0 Å². The number of hydrogen-bond donors (Lipinski definition) is 0. The van der Waals surface area contributed by atoms with Crippen LogP contribution in [0.1, 0.15) is 47.1 Å². The molecule has 72 valence electrons. The first-order valence-electron chi connectivity index (χ1n) is 4.92. The minimum Gasteiger partial charge on any atom is -0.372 e. The zero-order valence-corrected chi connectivity index (χ0v) is 9.33. The van der Waals surface area contributed by atoms with Crippen LogP contribution in [0.4, 0.5) is 0 Å². The van der Waals surface area contributed by atoms with E-state index < -0.39 is 0 Å². The Morgan fingerprint density at radius 3 is 2.77 bits per heavy atom. The standard InChI is InChI=1S/C11H16OS/c1-4-7(2)11-10-6-12-5-9(10)8(3)13-11/h7H,4-6H2,1-3H3. The first kappa shape index (κ1) is 9.22. The molecule has 0 radical (unpaired) electrons. The van der Waals surface area contributed by atoms with Gasteiger partial charge in [-0.15, -0.1) is 11.3 Å². The third-order valence-electron chi connectivity index (χ3n) is 2.90. The van der Waals surface area contributed by atoms with E-state index in [1.807, 2.05) is 11.3 Å². The average Bonchev–Trinajstić information content (AvgIpc) is 2.68. The second-order valence-electron chi connectivity index (χ2n) is 3.78. The van der Waals surface area contributed by atoms with Crippen molar-refractivity contribution in [1.29, 1.82) is 0 Å². The van der Waals surface area contributed by atoms with Crippen molar-refractivity contribution >= 4 is 11.3 Å². The molecule has 1 aromatic heterocycles. The van der Waals surface area contributed by atoms with E-state index in [2.05, 4.69) is 20.8 Å². The highest BCUT2D eigenvalue weighted by Gasteiger charge is 2.22. The Morgan fingerprint density at radius 2 is 2.08 bits per heavy atom. The van der Waals surface area contributed by atoms with Gasteiger partial charge in [0.2, 0.25) is 0 Å². The molecule has 0 aliphatic carbocycles. The summed E-state index contributed by atoms with van der Waals surface area (Å²) in [4.78, 5) is 3.02. The molecular weight excluding hydrogens is 180 g/mol. The van der Waals surface area contributed by atoms with Crippen LogP contribution in [-0.4, -0.2) is 0 Å². The average molecular weight is 196 g/mol. The third-order valence-corrected chi connectivity index (χ3v) is 4.32. The molecule has 1 atom stereocenters. The van der Waals surface area contributed by atoms with E-state index in [4.69, 9.17) is 4.74 Å². The van der Waals surface area contributed by atoms with Crippen LogP contribution in [0.5, 0.6) is 0 Å². The topological polar surface area (TPSA) is 9.23 Å². The first-order chi connectivity index (χ1) is 6.24. The molecule has 1 unspecified atom stereocenters. The largest absolute Gasteiger partial charge is 0.372 e. The fourth-order valence-electron chi connectivity index (χ4n) is 1.83. The van der Waals surface area contributed by atoms with Crippen LogP contribution in [0.3, 0.4) is 0 Å². The van der Waals surface area contributed by atoms with Gasteiger partial charge in [0.1, 0.15) is 0 Å². The zero-order valence-electron chi connectivity index (χ0n) is 8.52. The van der Waals surface area contributed by atoms with Crippen LogP contribution in [-0.2, 0) is 18.0 Å². The molecule has 0 amide bonds. The molecule has 1 aliphatic heterocycles. The molecule has 1 aliphatic rings. The molecule has 0 saturated heterocycles. The zero-order chi connectivity index (χ0) is 9.42. The smallest absolute Gasteiger partial charge is 0.0736 e. The van der Waals surface area contributed by atoms with Gasteiger partial charge in [0.25, 0.3) is 0 Å². The molecule has 2 rings (SSSR count). The van der Waals surface area contributed by atoms with Crippen molar-refractivity contribution in [3.05, 3.63) is 20.9 Å². The molecule has 0 fully saturated rings. The highest BCUT2D eigenvalue weighted by atomic mass is 32.1. The minimum atomic E-state index is 0.703. The summed E-state index contributed by atoms with van der Waals surface area (Å²) in [5.41, 5.74) is 2.97. The van der Waals surface area contributed by atoms with E-state index in [-0.39, 0.29) is 0 Å². The lowest BCUT2D eigenvalue weighted by Crippen LogP contribution is -1.91. The monoisotopic (exact) mass is 196 g/mol. The lowest BCUT2D eigenvalue weighted by molar-refractivity contribution is 0.134. The summed E-state index contributed by atoms with van der Waals surface area (Å²) in [7, 11) is 0. The fourth-order valence-corrected chi connectivity index (χ4v) is 3.14. The Bertz CT molecular complexity index is 314. The Morgan fingerprint density at radius 1 is 1.38 bits per heavy atom. The van der Waals surface area contributed by atoms with E-state index in [0.29, 0.717) is 5.92 Å². The summed E-state index contributed by atoms with van der Waals surface area (Å²) in [5, 5.41) is 0. The predicted octanol–water partition coefficient (Wildman–Crippen LogP) is 3.60. The molecular formula is C11H16OS. The predicted molar refractivity (Wildman–Crippen MR) is 56.3 cm³/mol. The van der Waals surface area contributed by atoms with Crippen molar-refractivity contribution in [1.82, 2.24) is 0 Å². The van der Waals surface area contributed by atoms with Gasteiger partial charge in [-0.05, 0) is 30.4 Å². The third kappa shape index (κ3) is 1.42. The Kier molecular flexibility index (Phi) is 2.43. The summed E-state index contributed by atoms with van der Waals surface area (Å²) in [6.07, 6.45) is 1.23. The molecule has 2 heteroatoms. The number of rotatable bonds is 2. The van der Waals surface area contributed by atoms with Gasteiger partial charge in [0, 0.05) is 9.75 Å². The number of thiophene rings is 1. The lowest BCUT2D eigenvalue weighted by Gasteiger charge is -2.07. The van der Waals surface area contributed by atoms with Gasteiger partial charge >= 0.3 is 0 Å². The summed E-state index contributed by atoms with van der Waals surface area (Å²) in [6, 6.07) is 0. The van der Waals surface area contributed by atoms with Crippen molar-refractivity contribution in [2.24, 2.45) is 0 Å². The van der Waals surface area contributed by atoms with Crippen molar-refractivity contribution in [2.75, 3.05) is 0 Å². The number of aryl methyl sites for hydroxylation is 1. The molecule has 0 N–H and O–H groups in total. The van der Waals surface area contributed by atoms with E-state index in [9.17, 15) is 0 Å². The Hall–Kier alpha value is -0.340. The number of fused-ring (bicyclic) bond motifs is 1. The van der Waals surface area contributed by atoms with E-state index >= 15 is 0 Å². The molecule has 13 heavy (non-hydrogen) atoms. The van der Waals surface area contributed by atoms with Crippen LogP contribution in [0.25, 0.3) is 0 Å². The summed E-state index contributed by atoms with van der Waals surface area (Å²) in [5.74, 6) is 0.703. The maximum absolute atomic E-state index is 5.48. The Labute approximate surface area is 83.7 Å². The van der Waals surface area contributed by atoms with Crippen molar-refractivity contribution in [3.8, 4) is 0 Å². The van der Waals surface area contributed by atoms with Gasteiger partial charge in [-0.3, -0.25) is 0 Å². The van der Waals surface area contributed by atoms with Crippen molar-refractivity contribution in [3.63, 3.8) is 0 Å². The van der Waals surface area contributed by atoms with E-state index in [0.717, 1.165) is 13.2 Å². The molecule has 0 saturated carbocycles. The molecule has 0 spiro atoms. The highest BCUT2D eigenvalue weighted by molar-refractivity contribution is 7.12. The maximum atomic E-state index is 5.48. The number of ether oxygens (including phenoxy) is 1. The van der Waals surface area contributed by atoms with Gasteiger partial charge in [0.15, 0.2) is 0 Å². The minimum absolute atomic E-state index is 0.703. The van der Waals surface area contributed by atoms with Gasteiger partial charge in [0.05, 0.1) is 13.2 Å². The fraction of sp³-hybridized carbons (Fsp3) is 0.636. The SMILES string of the molecule is CCC(C)c1sc(C)c2c1COC2. The summed E-state index contributed by atoms with van der Waals surface area (Å²) >= 11 is 1.97. The quantitative estimate of drug-likeness (QED) is 0.702. The van der Waals surface area contributed by atoms with E-state index in [1.54, 1.807) is 4.88 Å². The second kappa shape index (κ2) is 3.43. The summed E-state index contributed by atoms with van der Waals surface area (Å²) in [6.45, 7) is 8.46. The second-order valence-corrected chi connectivity index (χ2v) is 5.04. The van der Waals surface area contributed by atoms with Crippen LogP contribution in [0.15, 0.2) is 0 Å². The molecule has 0 bridgehead atoms. The lowest BCUT2D eigenvalue weighted by atomic mass is 10.0. The van der Waals surface area contributed by atoms with Crippen LogP contribution >= 0.6 is 11.3 Å². The highest BCUT2D eigenvalue weighted by Crippen LogP contribution is 2.38. The van der Waals surface area contributed by atoms with Gasteiger partial charge in [-0.25, -0.2) is 0 Å². The van der Waals surface area contributed by atoms with Gasteiger partial charge in [-0.1, -0.05) is 13.8 Å². The normalized spacial score (nSPS) is 17.5. The molecule has 0 aromatic carbocycles. The van der Waals surface area contributed by atoms with Crippen LogP contribution in [0, 0.1) is 6.92 Å². The Balaban J connectivity index is 2.42. The molecule has 1 aromatic rings. The summed E-state index contributed by atoms with van der Waals surface area (Å²) < 4.78 is 5.48. The molecule has 2 heterocycles. The van der Waals surface area contributed by atoms with Gasteiger partial charge < -0.3 is 4.74 Å².